The average molecular weight is 300 g/mol. The van der Waals surface area contributed by atoms with Crippen molar-refractivity contribution in [3.63, 3.8) is 0 Å². The molecule has 1 heterocycles. The Kier molecular flexibility index (Phi) is 4.27. The lowest BCUT2D eigenvalue weighted by atomic mass is 10.7. The van der Waals surface area contributed by atoms with Gasteiger partial charge in [0.1, 0.15) is 0 Å². The fraction of sp³-hybridized carbons (Fsp3) is 0.667. The van der Waals surface area contributed by atoms with Gasteiger partial charge < -0.3 is 5.32 Å². The lowest BCUT2D eigenvalue weighted by molar-refractivity contribution is 0.597. The molecule has 0 aromatic carbocycles. The van der Waals surface area contributed by atoms with Crippen LogP contribution < -0.4 is 5.32 Å². The first-order valence-corrected chi connectivity index (χ1v) is 7.40. The average Bonchev–Trinajstić information content (AvgIpc) is 2.51. The third-order valence-corrected chi connectivity index (χ3v) is 4.55. The zero-order valence-corrected chi connectivity index (χ0v) is 10.7. The molecule has 0 atom stereocenters. The second kappa shape index (κ2) is 5.04. The number of nitrogens with zero attached hydrogens (tertiary/aromatic N) is 2. The SMILES string of the molecule is CCS(=O)(=O)CCNc1nnc(Br)s1. The van der Waals surface area contributed by atoms with Crippen molar-refractivity contribution in [2.45, 2.75) is 6.92 Å². The summed E-state index contributed by atoms with van der Waals surface area (Å²) in [4.78, 5) is 0. The fourth-order valence-electron chi connectivity index (χ4n) is 0.735. The van der Waals surface area contributed by atoms with Crippen molar-refractivity contribution in [1.82, 2.24) is 10.2 Å². The van der Waals surface area contributed by atoms with Gasteiger partial charge in [0.15, 0.2) is 13.8 Å². The van der Waals surface area contributed by atoms with Crippen LogP contribution in [0.2, 0.25) is 0 Å². The van der Waals surface area contributed by atoms with E-state index in [1.165, 1.54) is 11.3 Å². The molecular formula is C6H10BrN3O2S2. The number of nitrogens with one attached hydrogen (secondary N) is 1. The molecule has 80 valence electrons. The molecule has 1 aromatic heterocycles. The molecule has 0 amide bonds. The van der Waals surface area contributed by atoms with Gasteiger partial charge in [0, 0.05) is 12.3 Å². The van der Waals surface area contributed by atoms with Gasteiger partial charge in [0.2, 0.25) is 5.13 Å². The Labute approximate surface area is 95.0 Å². The van der Waals surface area contributed by atoms with Crippen molar-refractivity contribution >= 4 is 42.2 Å². The largest absolute Gasteiger partial charge is 0.359 e. The first-order chi connectivity index (χ1) is 6.53. The van der Waals surface area contributed by atoms with Gasteiger partial charge in [-0.2, -0.15) is 0 Å². The third kappa shape index (κ3) is 3.89. The minimum Gasteiger partial charge on any atom is -0.359 e. The zero-order chi connectivity index (χ0) is 10.6. The highest BCUT2D eigenvalue weighted by atomic mass is 79.9. The van der Waals surface area contributed by atoms with Crippen LogP contribution in [0.25, 0.3) is 0 Å². The van der Waals surface area contributed by atoms with E-state index in [9.17, 15) is 8.42 Å². The Bertz CT molecular complexity index is 390. The molecule has 0 radical (unpaired) electrons. The first-order valence-electron chi connectivity index (χ1n) is 3.97. The molecule has 0 saturated heterocycles. The van der Waals surface area contributed by atoms with Crippen LogP contribution in [0, 0.1) is 0 Å². The molecule has 0 saturated carbocycles. The Morgan fingerprint density at radius 2 is 2.21 bits per heavy atom. The van der Waals surface area contributed by atoms with Crippen LogP contribution in [0.3, 0.4) is 0 Å². The van der Waals surface area contributed by atoms with Crippen molar-refractivity contribution in [3.8, 4) is 0 Å². The van der Waals surface area contributed by atoms with E-state index in [0.717, 1.165) is 0 Å². The summed E-state index contributed by atoms with van der Waals surface area (Å²) < 4.78 is 22.9. The maximum absolute atomic E-state index is 11.1. The second-order valence-electron chi connectivity index (χ2n) is 2.52. The molecule has 8 heteroatoms. The quantitative estimate of drug-likeness (QED) is 0.883. The van der Waals surface area contributed by atoms with Crippen LogP contribution in [0.5, 0.6) is 0 Å². The number of hydrogen-bond acceptors (Lipinski definition) is 6. The summed E-state index contributed by atoms with van der Waals surface area (Å²) in [7, 11) is -2.90. The molecule has 5 nitrogen and oxygen atoms in total. The van der Waals surface area contributed by atoms with Crippen LogP contribution in [0.15, 0.2) is 3.92 Å². The summed E-state index contributed by atoms with van der Waals surface area (Å²) in [6.45, 7) is 2.01. The Morgan fingerprint density at radius 3 is 2.71 bits per heavy atom. The number of hydrogen-bond donors (Lipinski definition) is 1. The molecule has 0 unspecified atom stereocenters. The van der Waals surface area contributed by atoms with Crippen molar-refractivity contribution < 1.29 is 8.42 Å². The van der Waals surface area contributed by atoms with Crippen LogP contribution in [-0.2, 0) is 9.84 Å². The number of aromatic nitrogens is 2. The van der Waals surface area contributed by atoms with E-state index < -0.39 is 9.84 Å². The normalized spacial score (nSPS) is 11.6. The van der Waals surface area contributed by atoms with Crippen molar-refractivity contribution in [2.75, 3.05) is 23.4 Å². The Balaban J connectivity index is 2.36. The molecule has 1 rings (SSSR count). The molecule has 0 aliphatic heterocycles. The monoisotopic (exact) mass is 299 g/mol. The molecule has 1 aromatic rings. The van der Waals surface area contributed by atoms with E-state index in [-0.39, 0.29) is 11.5 Å². The predicted molar refractivity (Wildman–Crippen MR) is 60.4 cm³/mol. The van der Waals surface area contributed by atoms with Gasteiger partial charge in [-0.25, -0.2) is 8.42 Å². The lowest BCUT2D eigenvalue weighted by Crippen LogP contribution is -2.17. The smallest absolute Gasteiger partial charge is 0.206 e. The third-order valence-electron chi connectivity index (χ3n) is 1.53. The highest BCUT2D eigenvalue weighted by Gasteiger charge is 2.07. The van der Waals surface area contributed by atoms with E-state index in [1.807, 2.05) is 0 Å². The van der Waals surface area contributed by atoms with E-state index >= 15 is 0 Å². The summed E-state index contributed by atoms with van der Waals surface area (Å²) in [6.07, 6.45) is 0. The van der Waals surface area contributed by atoms with Gasteiger partial charge in [0.05, 0.1) is 5.75 Å². The van der Waals surface area contributed by atoms with Crippen LogP contribution in [-0.4, -0.2) is 36.7 Å². The summed E-state index contributed by atoms with van der Waals surface area (Å²) >= 11 is 4.50. The van der Waals surface area contributed by atoms with E-state index in [4.69, 9.17) is 0 Å². The molecule has 1 N–H and O–H groups in total. The van der Waals surface area contributed by atoms with Crippen molar-refractivity contribution in [1.29, 1.82) is 0 Å². The van der Waals surface area contributed by atoms with Gasteiger partial charge in [-0.05, 0) is 15.9 Å². The van der Waals surface area contributed by atoms with Crippen LogP contribution >= 0.6 is 27.3 Å². The highest BCUT2D eigenvalue weighted by Crippen LogP contribution is 2.19. The zero-order valence-electron chi connectivity index (χ0n) is 7.53. The minimum atomic E-state index is -2.90. The Hall–Kier alpha value is -0.210. The van der Waals surface area contributed by atoms with E-state index in [2.05, 4.69) is 31.4 Å². The Morgan fingerprint density at radius 1 is 1.50 bits per heavy atom. The molecule has 0 aliphatic rings. The molecule has 0 bridgehead atoms. The van der Waals surface area contributed by atoms with Crippen LogP contribution in [0.1, 0.15) is 6.92 Å². The van der Waals surface area contributed by atoms with Gasteiger partial charge in [-0.1, -0.05) is 18.3 Å². The fourth-order valence-corrected chi connectivity index (χ4v) is 2.47. The molecule has 14 heavy (non-hydrogen) atoms. The minimum absolute atomic E-state index is 0.126. The number of halogens is 1. The van der Waals surface area contributed by atoms with Crippen molar-refractivity contribution in [2.24, 2.45) is 0 Å². The van der Waals surface area contributed by atoms with Gasteiger partial charge in [-0.3, -0.25) is 0 Å². The van der Waals surface area contributed by atoms with Crippen molar-refractivity contribution in [3.05, 3.63) is 3.92 Å². The lowest BCUT2D eigenvalue weighted by Gasteiger charge is -2.01. The van der Waals surface area contributed by atoms with Gasteiger partial charge in [0.25, 0.3) is 0 Å². The standard InChI is InChI=1S/C6H10BrN3O2S2/c1-2-14(11,12)4-3-8-6-10-9-5(7)13-6/h2-4H2,1H3,(H,8,10). The maximum atomic E-state index is 11.1. The summed E-state index contributed by atoms with van der Waals surface area (Å²) in [5, 5.41) is 11.0. The number of rotatable bonds is 5. The summed E-state index contributed by atoms with van der Waals surface area (Å²) in [5.41, 5.74) is 0. The predicted octanol–water partition coefficient (Wildman–Crippen LogP) is 1.15. The van der Waals surface area contributed by atoms with E-state index in [0.29, 0.717) is 15.6 Å². The number of sulfone groups is 1. The molecule has 0 aliphatic carbocycles. The molecular weight excluding hydrogens is 290 g/mol. The number of anilines is 1. The molecule has 0 fully saturated rings. The van der Waals surface area contributed by atoms with Gasteiger partial charge in [-0.15, -0.1) is 10.2 Å². The topological polar surface area (TPSA) is 72.0 Å². The highest BCUT2D eigenvalue weighted by molar-refractivity contribution is 9.11. The summed E-state index contributed by atoms with van der Waals surface area (Å²) in [6, 6.07) is 0. The maximum Gasteiger partial charge on any atom is 0.206 e. The van der Waals surface area contributed by atoms with E-state index in [1.54, 1.807) is 6.92 Å². The first kappa shape index (κ1) is 11.9. The van der Waals surface area contributed by atoms with Crippen LogP contribution in [0.4, 0.5) is 5.13 Å². The molecule has 0 spiro atoms. The van der Waals surface area contributed by atoms with Gasteiger partial charge >= 0.3 is 0 Å². The second-order valence-corrected chi connectivity index (χ2v) is 7.25. The summed E-state index contributed by atoms with van der Waals surface area (Å²) in [5.74, 6) is 0.301.